The summed E-state index contributed by atoms with van der Waals surface area (Å²) in [6.07, 6.45) is 4.88. The van der Waals surface area contributed by atoms with E-state index in [1.165, 1.54) is 18.9 Å². The third-order valence-corrected chi connectivity index (χ3v) is 4.95. The van der Waals surface area contributed by atoms with Crippen molar-refractivity contribution in [3.05, 3.63) is 34.6 Å². The minimum atomic E-state index is -0.228. The van der Waals surface area contributed by atoms with Crippen LogP contribution in [0.5, 0.6) is 0 Å². The molecule has 3 rings (SSSR count). The van der Waals surface area contributed by atoms with Gasteiger partial charge in [0.15, 0.2) is 0 Å². The van der Waals surface area contributed by atoms with Gasteiger partial charge in [0.25, 0.3) is 0 Å². The minimum Gasteiger partial charge on any atom is -0.375 e. The van der Waals surface area contributed by atoms with Gasteiger partial charge in [-0.05, 0) is 31.0 Å². The number of ether oxygens (including phenoxy) is 1. The highest BCUT2D eigenvalue weighted by Gasteiger charge is 2.38. The molecule has 1 saturated heterocycles. The second-order valence-electron chi connectivity index (χ2n) is 5.92. The van der Waals surface area contributed by atoms with E-state index >= 15 is 0 Å². The van der Waals surface area contributed by atoms with Crippen molar-refractivity contribution in [1.29, 1.82) is 0 Å². The molecule has 1 aliphatic carbocycles. The molecule has 0 spiro atoms. The largest absolute Gasteiger partial charge is 0.375 e. The Balaban J connectivity index is 1.89. The molecule has 0 radical (unpaired) electrons. The molecule has 116 valence electrons. The number of morpholine rings is 1. The maximum absolute atomic E-state index is 14.2. The number of nitrogens with two attached hydrogens (primary N) is 1. The maximum Gasteiger partial charge on any atom is 0.128 e. The summed E-state index contributed by atoms with van der Waals surface area (Å²) in [7, 11) is 0. The Kier molecular flexibility index (Phi) is 4.79. The van der Waals surface area contributed by atoms with E-state index in [0.29, 0.717) is 29.8 Å². The number of rotatable bonds is 3. The van der Waals surface area contributed by atoms with Crippen LogP contribution in [0.15, 0.2) is 18.2 Å². The van der Waals surface area contributed by atoms with Crippen LogP contribution in [0, 0.1) is 5.82 Å². The lowest BCUT2D eigenvalue weighted by Gasteiger charge is -2.47. The highest BCUT2D eigenvalue weighted by Crippen LogP contribution is 2.35. The SMILES string of the molecule is NCC(c1cc(Cl)ccc1F)N1CCOC2CCCCC21. The maximum atomic E-state index is 14.2. The molecule has 1 saturated carbocycles. The van der Waals surface area contributed by atoms with Gasteiger partial charge in [-0.25, -0.2) is 4.39 Å². The van der Waals surface area contributed by atoms with Crippen molar-refractivity contribution in [2.75, 3.05) is 19.7 Å². The van der Waals surface area contributed by atoms with Crippen molar-refractivity contribution in [3.8, 4) is 0 Å². The molecule has 2 N–H and O–H groups in total. The van der Waals surface area contributed by atoms with E-state index in [1.807, 2.05) is 0 Å². The van der Waals surface area contributed by atoms with E-state index in [-0.39, 0.29) is 18.0 Å². The molecule has 0 amide bonds. The van der Waals surface area contributed by atoms with Crippen molar-refractivity contribution in [3.63, 3.8) is 0 Å². The number of hydrogen-bond donors (Lipinski definition) is 1. The molecule has 5 heteroatoms. The fraction of sp³-hybridized carbons (Fsp3) is 0.625. The van der Waals surface area contributed by atoms with Gasteiger partial charge in [-0.3, -0.25) is 4.90 Å². The molecule has 1 aromatic carbocycles. The van der Waals surface area contributed by atoms with Crippen molar-refractivity contribution in [2.45, 2.75) is 43.9 Å². The van der Waals surface area contributed by atoms with E-state index in [4.69, 9.17) is 22.1 Å². The fourth-order valence-corrected chi connectivity index (χ4v) is 3.90. The zero-order valence-electron chi connectivity index (χ0n) is 12.1. The molecule has 1 heterocycles. The van der Waals surface area contributed by atoms with Crippen LogP contribution in [0.2, 0.25) is 5.02 Å². The lowest BCUT2D eigenvalue weighted by Crippen LogP contribution is -2.55. The third-order valence-electron chi connectivity index (χ3n) is 4.72. The summed E-state index contributed by atoms with van der Waals surface area (Å²) in [5.41, 5.74) is 6.59. The molecule has 1 aliphatic heterocycles. The van der Waals surface area contributed by atoms with Gasteiger partial charge in [-0.1, -0.05) is 24.4 Å². The van der Waals surface area contributed by atoms with E-state index in [9.17, 15) is 4.39 Å². The zero-order chi connectivity index (χ0) is 14.8. The number of halogens is 2. The number of nitrogens with zero attached hydrogens (tertiary/aromatic N) is 1. The average Bonchev–Trinajstić information content (AvgIpc) is 2.51. The standard InChI is InChI=1S/C16H22ClFN2O/c17-11-5-6-13(18)12(9-11)15(10-19)20-7-8-21-16-4-2-1-3-14(16)20/h5-6,9,14-16H,1-4,7-8,10,19H2. The summed E-state index contributed by atoms with van der Waals surface area (Å²) in [5.74, 6) is -0.228. The summed E-state index contributed by atoms with van der Waals surface area (Å²) < 4.78 is 20.1. The Bertz CT molecular complexity index is 497. The predicted molar refractivity (Wildman–Crippen MR) is 81.9 cm³/mol. The monoisotopic (exact) mass is 312 g/mol. The Morgan fingerprint density at radius 3 is 3.00 bits per heavy atom. The number of hydrogen-bond acceptors (Lipinski definition) is 3. The van der Waals surface area contributed by atoms with Gasteiger partial charge in [0.2, 0.25) is 0 Å². The van der Waals surface area contributed by atoms with Crippen LogP contribution in [0.3, 0.4) is 0 Å². The minimum absolute atomic E-state index is 0.127. The van der Waals surface area contributed by atoms with Gasteiger partial charge in [0.05, 0.1) is 18.8 Å². The summed E-state index contributed by atoms with van der Waals surface area (Å²) in [4.78, 5) is 2.34. The molecule has 1 aromatic rings. The Morgan fingerprint density at radius 2 is 2.19 bits per heavy atom. The summed E-state index contributed by atoms with van der Waals surface area (Å²) in [6, 6.07) is 4.94. The lowest BCUT2D eigenvalue weighted by atomic mass is 9.88. The number of fused-ring (bicyclic) bond motifs is 1. The molecule has 21 heavy (non-hydrogen) atoms. The van der Waals surface area contributed by atoms with Crippen molar-refractivity contribution in [2.24, 2.45) is 5.73 Å². The highest BCUT2D eigenvalue weighted by atomic mass is 35.5. The van der Waals surface area contributed by atoms with Crippen LogP contribution in [0.25, 0.3) is 0 Å². The van der Waals surface area contributed by atoms with Crippen LogP contribution >= 0.6 is 11.6 Å². The van der Waals surface area contributed by atoms with Crippen molar-refractivity contribution >= 4 is 11.6 Å². The molecule has 0 aromatic heterocycles. The Hall–Kier alpha value is -0.680. The molecular formula is C16H22ClFN2O. The molecule has 3 atom stereocenters. The van der Waals surface area contributed by atoms with Gasteiger partial charge in [-0.2, -0.15) is 0 Å². The third kappa shape index (κ3) is 3.09. The molecule has 2 fully saturated rings. The highest BCUT2D eigenvalue weighted by molar-refractivity contribution is 6.30. The van der Waals surface area contributed by atoms with E-state index in [1.54, 1.807) is 12.1 Å². The number of benzene rings is 1. The fourth-order valence-electron chi connectivity index (χ4n) is 3.72. The Labute approximate surface area is 130 Å². The second-order valence-corrected chi connectivity index (χ2v) is 6.35. The quantitative estimate of drug-likeness (QED) is 0.932. The first-order valence-corrected chi connectivity index (χ1v) is 8.11. The first-order valence-electron chi connectivity index (χ1n) is 7.73. The van der Waals surface area contributed by atoms with Gasteiger partial charge in [0.1, 0.15) is 5.82 Å². The van der Waals surface area contributed by atoms with Crippen LogP contribution in [-0.4, -0.2) is 36.7 Å². The second kappa shape index (κ2) is 6.61. The topological polar surface area (TPSA) is 38.5 Å². The predicted octanol–water partition coefficient (Wildman–Crippen LogP) is 3.12. The summed E-state index contributed by atoms with van der Waals surface area (Å²) >= 11 is 6.04. The van der Waals surface area contributed by atoms with Crippen LogP contribution < -0.4 is 5.73 Å². The van der Waals surface area contributed by atoms with Crippen molar-refractivity contribution in [1.82, 2.24) is 4.90 Å². The van der Waals surface area contributed by atoms with Gasteiger partial charge >= 0.3 is 0 Å². The summed E-state index contributed by atoms with van der Waals surface area (Å²) in [6.45, 7) is 1.88. The van der Waals surface area contributed by atoms with Crippen molar-refractivity contribution < 1.29 is 9.13 Å². The van der Waals surface area contributed by atoms with Gasteiger partial charge < -0.3 is 10.5 Å². The lowest BCUT2D eigenvalue weighted by molar-refractivity contribution is -0.102. The molecule has 0 bridgehead atoms. The van der Waals surface area contributed by atoms with E-state index in [0.717, 1.165) is 19.4 Å². The van der Waals surface area contributed by atoms with Crippen LogP contribution in [-0.2, 0) is 4.74 Å². The zero-order valence-corrected chi connectivity index (χ0v) is 12.9. The van der Waals surface area contributed by atoms with Gasteiger partial charge in [0, 0.05) is 29.7 Å². The van der Waals surface area contributed by atoms with Crippen LogP contribution in [0.4, 0.5) is 4.39 Å². The molecule has 2 aliphatic rings. The molecule has 3 nitrogen and oxygen atoms in total. The Morgan fingerprint density at radius 1 is 1.38 bits per heavy atom. The van der Waals surface area contributed by atoms with E-state index < -0.39 is 0 Å². The summed E-state index contributed by atoms with van der Waals surface area (Å²) in [5, 5.41) is 0.554. The van der Waals surface area contributed by atoms with Gasteiger partial charge in [-0.15, -0.1) is 0 Å². The van der Waals surface area contributed by atoms with E-state index in [2.05, 4.69) is 4.90 Å². The molecular weight excluding hydrogens is 291 g/mol. The average molecular weight is 313 g/mol. The first kappa shape index (κ1) is 15.2. The smallest absolute Gasteiger partial charge is 0.128 e. The first-order chi connectivity index (χ1) is 10.2. The van der Waals surface area contributed by atoms with Crippen LogP contribution in [0.1, 0.15) is 37.3 Å². The normalized spacial score (nSPS) is 28.1. The molecule has 3 unspecified atom stereocenters.